The van der Waals surface area contributed by atoms with Crippen LogP contribution in [0.25, 0.3) is 0 Å². The van der Waals surface area contributed by atoms with Crippen molar-refractivity contribution in [1.29, 1.82) is 0 Å². The molecule has 0 saturated carbocycles. The van der Waals surface area contributed by atoms with Crippen LogP contribution in [0.2, 0.25) is 0 Å². The van der Waals surface area contributed by atoms with Crippen LogP contribution in [-0.4, -0.2) is 42.9 Å². The smallest absolute Gasteiger partial charge is 0.263 e. The second-order valence-electron chi connectivity index (χ2n) is 8.35. The van der Waals surface area contributed by atoms with Crippen LogP contribution in [0, 0.1) is 6.92 Å². The summed E-state index contributed by atoms with van der Waals surface area (Å²) in [6.45, 7) is 4.90. The van der Waals surface area contributed by atoms with Crippen LogP contribution in [-0.2, 0) is 4.74 Å². The Morgan fingerprint density at radius 2 is 1.91 bits per heavy atom. The van der Waals surface area contributed by atoms with Crippen molar-refractivity contribution < 1.29 is 14.3 Å². The van der Waals surface area contributed by atoms with Gasteiger partial charge in [0, 0.05) is 24.5 Å². The third-order valence-electron chi connectivity index (χ3n) is 6.08. The van der Waals surface area contributed by atoms with Gasteiger partial charge in [-0.05, 0) is 88.0 Å². The van der Waals surface area contributed by atoms with Crippen molar-refractivity contribution in [3.8, 4) is 5.75 Å². The van der Waals surface area contributed by atoms with Gasteiger partial charge in [0.2, 0.25) is 0 Å². The largest absolute Gasteiger partial charge is 0.491 e. The Morgan fingerprint density at radius 1 is 1.16 bits per heavy atom. The van der Waals surface area contributed by atoms with Gasteiger partial charge < -0.3 is 24.7 Å². The summed E-state index contributed by atoms with van der Waals surface area (Å²) in [4.78, 5) is 26.0. The summed E-state index contributed by atoms with van der Waals surface area (Å²) in [5.41, 5.74) is 1.29. The summed E-state index contributed by atoms with van der Waals surface area (Å²) in [5, 5.41) is 6.16. The monoisotopic (exact) mass is 461 g/mol. The van der Waals surface area contributed by atoms with Gasteiger partial charge in [0.15, 0.2) is 0 Å². The first-order valence-electron chi connectivity index (χ1n) is 11.2. The lowest BCUT2D eigenvalue weighted by Crippen LogP contribution is -2.37. The minimum Gasteiger partial charge on any atom is -0.491 e. The Kier molecular flexibility index (Phi) is 8.73. The number of piperidine rings is 1. The number of pyridine rings is 1. The van der Waals surface area contributed by atoms with E-state index in [0.29, 0.717) is 17.9 Å². The molecule has 1 amide bonds. The number of amides is 1. The van der Waals surface area contributed by atoms with Crippen molar-refractivity contribution in [2.45, 2.75) is 51.2 Å². The van der Waals surface area contributed by atoms with Crippen LogP contribution in [0.3, 0.4) is 0 Å². The fourth-order valence-corrected chi connectivity index (χ4v) is 4.25. The number of carbonyl (C=O) groups excluding carboxylic acids is 1. The lowest BCUT2D eigenvalue weighted by atomic mass is 10.0. The maximum absolute atomic E-state index is 13.1. The molecule has 0 bridgehead atoms. The van der Waals surface area contributed by atoms with E-state index in [2.05, 4.69) is 10.6 Å². The lowest BCUT2D eigenvalue weighted by Gasteiger charge is -2.25. The van der Waals surface area contributed by atoms with Gasteiger partial charge in [-0.2, -0.15) is 0 Å². The van der Waals surface area contributed by atoms with E-state index < -0.39 is 0 Å². The maximum Gasteiger partial charge on any atom is 0.263 e. The summed E-state index contributed by atoms with van der Waals surface area (Å²) in [5.74, 6) is 0.353. The van der Waals surface area contributed by atoms with Crippen LogP contribution in [0.5, 0.6) is 5.75 Å². The van der Waals surface area contributed by atoms with Crippen molar-refractivity contribution in [3.05, 3.63) is 58.0 Å². The quantitative estimate of drug-likeness (QED) is 0.685. The van der Waals surface area contributed by atoms with Gasteiger partial charge >= 0.3 is 0 Å². The molecule has 0 radical (unpaired) electrons. The van der Waals surface area contributed by atoms with Gasteiger partial charge in [-0.25, -0.2) is 0 Å². The molecule has 2 aliphatic heterocycles. The number of aryl methyl sites for hydroxylation is 1. The molecule has 2 saturated heterocycles. The number of nitrogens with one attached hydrogen (secondary N) is 2. The normalized spacial score (nSPS) is 19.1. The van der Waals surface area contributed by atoms with Crippen LogP contribution < -0.4 is 20.9 Å². The van der Waals surface area contributed by atoms with Crippen LogP contribution in [0.1, 0.15) is 54.1 Å². The first kappa shape index (κ1) is 24.3. The molecule has 2 fully saturated rings. The molecular weight excluding hydrogens is 430 g/mol. The number of halogens is 1. The first-order valence-corrected chi connectivity index (χ1v) is 11.2. The molecule has 1 aromatic heterocycles. The number of rotatable bonds is 6. The zero-order valence-electron chi connectivity index (χ0n) is 18.5. The molecule has 32 heavy (non-hydrogen) atoms. The van der Waals surface area contributed by atoms with E-state index in [1.807, 2.05) is 24.4 Å². The molecule has 174 valence electrons. The molecule has 1 atom stereocenters. The molecule has 7 nitrogen and oxygen atoms in total. The van der Waals surface area contributed by atoms with Crippen molar-refractivity contribution in [1.82, 2.24) is 9.88 Å². The average molecular weight is 462 g/mol. The van der Waals surface area contributed by atoms with E-state index >= 15 is 0 Å². The molecule has 3 heterocycles. The predicted molar refractivity (Wildman–Crippen MR) is 127 cm³/mol. The summed E-state index contributed by atoms with van der Waals surface area (Å²) < 4.78 is 13.2. The maximum atomic E-state index is 13.1. The fourth-order valence-electron chi connectivity index (χ4n) is 4.25. The number of benzene rings is 1. The van der Waals surface area contributed by atoms with E-state index in [4.69, 9.17) is 9.47 Å². The molecule has 4 rings (SSSR count). The van der Waals surface area contributed by atoms with Gasteiger partial charge in [-0.3, -0.25) is 9.59 Å². The predicted octanol–water partition coefficient (Wildman–Crippen LogP) is 3.70. The van der Waals surface area contributed by atoms with Crippen molar-refractivity contribution in [3.63, 3.8) is 0 Å². The van der Waals surface area contributed by atoms with Gasteiger partial charge in [0.05, 0.1) is 6.10 Å². The Bertz CT molecular complexity index is 949. The molecular formula is C24H32ClN3O4. The molecule has 1 aromatic carbocycles. The summed E-state index contributed by atoms with van der Waals surface area (Å²) >= 11 is 0. The van der Waals surface area contributed by atoms with Gasteiger partial charge in [0.25, 0.3) is 11.5 Å². The number of hydrogen-bond donors (Lipinski definition) is 2. The Balaban J connectivity index is 0.00000289. The van der Waals surface area contributed by atoms with E-state index in [1.54, 1.807) is 23.6 Å². The summed E-state index contributed by atoms with van der Waals surface area (Å²) in [6, 6.07) is 9.21. The molecule has 0 spiro atoms. The second-order valence-corrected chi connectivity index (χ2v) is 8.35. The van der Waals surface area contributed by atoms with E-state index in [0.717, 1.165) is 51.1 Å². The minimum atomic E-state index is -0.380. The van der Waals surface area contributed by atoms with E-state index in [1.165, 1.54) is 6.42 Å². The Labute approximate surface area is 194 Å². The number of nitrogens with zero attached hydrogens (tertiary/aromatic N) is 1. The van der Waals surface area contributed by atoms with E-state index in [9.17, 15) is 9.59 Å². The second kappa shape index (κ2) is 11.5. The number of carbonyl (C=O) groups is 1. The number of aromatic nitrogens is 1. The lowest BCUT2D eigenvalue weighted by molar-refractivity contribution is -0.0110. The van der Waals surface area contributed by atoms with Crippen LogP contribution in [0.15, 0.2) is 41.3 Å². The standard InChI is InChI=1S/C24H31N3O4.ClH/c1-17-11-14-27(19-9-12-25-13-10-19)24(29)22(17)23(28)26-18-5-7-20(8-6-18)31-16-21-4-2-3-15-30-21;/h5-8,11,14,19,21,25H,2-4,9-10,12-13,15-16H2,1H3,(H,26,28);1H. The van der Waals surface area contributed by atoms with Crippen molar-refractivity contribution in [2.24, 2.45) is 0 Å². The van der Waals surface area contributed by atoms with E-state index in [-0.39, 0.29) is 41.6 Å². The highest BCUT2D eigenvalue weighted by molar-refractivity contribution is 6.05. The summed E-state index contributed by atoms with van der Waals surface area (Å²) in [6.07, 6.45) is 7.06. The zero-order valence-corrected chi connectivity index (χ0v) is 19.3. The van der Waals surface area contributed by atoms with Crippen LogP contribution in [0.4, 0.5) is 5.69 Å². The van der Waals surface area contributed by atoms with Crippen molar-refractivity contribution >= 4 is 24.0 Å². The average Bonchev–Trinajstić information content (AvgIpc) is 2.80. The number of ether oxygens (including phenoxy) is 2. The Morgan fingerprint density at radius 3 is 2.59 bits per heavy atom. The third kappa shape index (κ3) is 5.91. The molecule has 2 aromatic rings. The SMILES string of the molecule is Cc1ccn(C2CCNCC2)c(=O)c1C(=O)Nc1ccc(OCC2CCCCO2)cc1.Cl. The van der Waals surface area contributed by atoms with Gasteiger partial charge in [-0.1, -0.05) is 0 Å². The highest BCUT2D eigenvalue weighted by Gasteiger charge is 2.21. The number of anilines is 1. The third-order valence-corrected chi connectivity index (χ3v) is 6.08. The van der Waals surface area contributed by atoms with Crippen molar-refractivity contribution in [2.75, 3.05) is 31.6 Å². The minimum absolute atomic E-state index is 0. The highest BCUT2D eigenvalue weighted by Crippen LogP contribution is 2.20. The molecule has 8 heteroatoms. The van der Waals surface area contributed by atoms with Crippen LogP contribution >= 0.6 is 12.4 Å². The Hall–Kier alpha value is -2.35. The zero-order chi connectivity index (χ0) is 21.6. The molecule has 2 N–H and O–H groups in total. The number of hydrogen-bond acceptors (Lipinski definition) is 5. The van der Waals surface area contributed by atoms with Gasteiger partial charge in [-0.15, -0.1) is 12.4 Å². The first-order chi connectivity index (χ1) is 15.1. The highest BCUT2D eigenvalue weighted by atomic mass is 35.5. The van der Waals surface area contributed by atoms with Gasteiger partial charge in [0.1, 0.15) is 17.9 Å². The topological polar surface area (TPSA) is 81.6 Å². The molecule has 2 aliphatic rings. The molecule has 1 unspecified atom stereocenters. The summed E-state index contributed by atoms with van der Waals surface area (Å²) in [7, 11) is 0. The molecule has 0 aliphatic carbocycles. The fraction of sp³-hybridized carbons (Fsp3) is 0.500.